The van der Waals surface area contributed by atoms with Gasteiger partial charge in [0, 0.05) is 10.7 Å². The van der Waals surface area contributed by atoms with Crippen molar-refractivity contribution in [1.82, 2.24) is 0 Å². The van der Waals surface area contributed by atoms with Crippen LogP contribution in [0.1, 0.15) is 13.3 Å². The van der Waals surface area contributed by atoms with Crippen molar-refractivity contribution in [3.63, 3.8) is 0 Å². The molecule has 0 bridgehead atoms. The molecular weight excluding hydrogens is 222 g/mol. The average molecular weight is 234 g/mol. The van der Waals surface area contributed by atoms with Crippen molar-refractivity contribution in [3.05, 3.63) is 23.2 Å². The molecule has 14 heavy (non-hydrogen) atoms. The van der Waals surface area contributed by atoms with Crippen molar-refractivity contribution in [3.8, 4) is 0 Å². The molecule has 0 saturated carbocycles. The summed E-state index contributed by atoms with van der Waals surface area (Å²) in [6.07, 6.45) is 0.578. The molecule has 5 heteroatoms. The maximum atomic E-state index is 11.6. The first-order valence-electron chi connectivity index (χ1n) is 4.24. The van der Waals surface area contributed by atoms with Gasteiger partial charge in [-0.15, -0.1) is 0 Å². The topological polar surface area (TPSA) is 60.2 Å². The molecule has 0 atom stereocenters. The number of anilines is 1. The fourth-order valence-electron chi connectivity index (χ4n) is 1.15. The SMILES string of the molecule is CCCS(=O)(=O)c1cc(N)cc(Cl)c1. The highest BCUT2D eigenvalue weighted by atomic mass is 35.5. The standard InChI is InChI=1S/C9H12ClNO2S/c1-2-3-14(12,13)9-5-7(10)4-8(11)6-9/h4-6H,2-3,11H2,1H3. The molecule has 2 N–H and O–H groups in total. The quantitative estimate of drug-likeness (QED) is 0.814. The van der Waals surface area contributed by atoms with Gasteiger partial charge in [0.2, 0.25) is 0 Å². The van der Waals surface area contributed by atoms with Crippen LogP contribution in [0.25, 0.3) is 0 Å². The molecule has 1 aromatic carbocycles. The molecule has 0 aliphatic carbocycles. The summed E-state index contributed by atoms with van der Waals surface area (Å²) in [5, 5.41) is 0.347. The third kappa shape index (κ3) is 2.62. The molecule has 1 aromatic rings. The maximum Gasteiger partial charge on any atom is 0.178 e. The molecular formula is C9H12ClNO2S. The summed E-state index contributed by atoms with van der Waals surface area (Å²) in [6.45, 7) is 1.81. The van der Waals surface area contributed by atoms with E-state index < -0.39 is 9.84 Å². The Hall–Kier alpha value is -0.740. The molecule has 0 unspecified atom stereocenters. The number of hydrogen-bond donors (Lipinski definition) is 1. The Balaban J connectivity index is 3.19. The van der Waals surface area contributed by atoms with Gasteiger partial charge in [0.05, 0.1) is 10.6 Å². The zero-order valence-electron chi connectivity index (χ0n) is 7.83. The lowest BCUT2D eigenvalue weighted by molar-refractivity contribution is 0.595. The molecule has 0 saturated heterocycles. The Kier molecular flexibility index (Phi) is 3.39. The molecule has 0 aliphatic rings. The Morgan fingerprint density at radius 2 is 2.00 bits per heavy atom. The molecule has 0 amide bonds. The zero-order chi connectivity index (χ0) is 10.8. The second-order valence-corrected chi connectivity index (χ2v) is 5.58. The van der Waals surface area contributed by atoms with E-state index in [0.29, 0.717) is 17.1 Å². The number of sulfone groups is 1. The summed E-state index contributed by atoms with van der Waals surface area (Å²) in [6, 6.07) is 4.37. The van der Waals surface area contributed by atoms with Crippen LogP contribution in [0.4, 0.5) is 5.69 Å². The minimum atomic E-state index is -3.22. The van der Waals surface area contributed by atoms with Crippen molar-refractivity contribution in [2.45, 2.75) is 18.2 Å². The van der Waals surface area contributed by atoms with Gasteiger partial charge in [-0.25, -0.2) is 8.42 Å². The van der Waals surface area contributed by atoms with Crippen LogP contribution >= 0.6 is 11.6 Å². The fraction of sp³-hybridized carbons (Fsp3) is 0.333. The van der Waals surface area contributed by atoms with Crippen LogP contribution in [0.3, 0.4) is 0 Å². The highest BCUT2D eigenvalue weighted by Gasteiger charge is 2.13. The molecule has 0 heterocycles. The monoisotopic (exact) mass is 233 g/mol. The van der Waals surface area contributed by atoms with E-state index in [1.165, 1.54) is 18.2 Å². The molecule has 1 rings (SSSR count). The van der Waals surface area contributed by atoms with Gasteiger partial charge in [-0.2, -0.15) is 0 Å². The van der Waals surface area contributed by atoms with E-state index in [9.17, 15) is 8.42 Å². The molecule has 0 fully saturated rings. The van der Waals surface area contributed by atoms with Gasteiger partial charge in [-0.1, -0.05) is 18.5 Å². The first kappa shape index (κ1) is 11.3. The van der Waals surface area contributed by atoms with E-state index in [0.717, 1.165) is 0 Å². The predicted molar refractivity (Wildman–Crippen MR) is 58.2 cm³/mol. The lowest BCUT2D eigenvalue weighted by Crippen LogP contribution is -2.06. The molecule has 3 nitrogen and oxygen atoms in total. The van der Waals surface area contributed by atoms with Crippen LogP contribution in [0.2, 0.25) is 5.02 Å². The molecule has 0 aliphatic heterocycles. The maximum absolute atomic E-state index is 11.6. The molecule has 0 radical (unpaired) electrons. The zero-order valence-corrected chi connectivity index (χ0v) is 9.40. The summed E-state index contributed by atoms with van der Waals surface area (Å²) >= 11 is 5.71. The van der Waals surface area contributed by atoms with Gasteiger partial charge in [-0.3, -0.25) is 0 Å². The van der Waals surface area contributed by atoms with Crippen LogP contribution in [-0.2, 0) is 9.84 Å². The number of hydrogen-bond acceptors (Lipinski definition) is 3. The average Bonchev–Trinajstić information content (AvgIpc) is 2.02. The summed E-state index contributed by atoms with van der Waals surface area (Å²) in [7, 11) is -3.22. The largest absolute Gasteiger partial charge is 0.399 e. The predicted octanol–water partition coefficient (Wildman–Crippen LogP) is 2.11. The summed E-state index contributed by atoms with van der Waals surface area (Å²) in [5.41, 5.74) is 5.87. The number of nitrogens with two attached hydrogens (primary N) is 1. The Morgan fingerprint density at radius 1 is 1.36 bits per heavy atom. The van der Waals surface area contributed by atoms with Crippen molar-refractivity contribution in [2.24, 2.45) is 0 Å². The lowest BCUT2D eigenvalue weighted by atomic mass is 10.3. The van der Waals surface area contributed by atoms with Gasteiger partial charge in [0.1, 0.15) is 0 Å². The molecule has 0 aromatic heterocycles. The normalized spacial score (nSPS) is 11.6. The van der Waals surface area contributed by atoms with Crippen molar-refractivity contribution in [1.29, 1.82) is 0 Å². The van der Waals surface area contributed by atoms with Crippen molar-refractivity contribution in [2.75, 3.05) is 11.5 Å². The Bertz CT molecular complexity index is 408. The first-order chi connectivity index (χ1) is 6.45. The van der Waals surface area contributed by atoms with Crippen LogP contribution in [0.5, 0.6) is 0 Å². The smallest absolute Gasteiger partial charge is 0.178 e. The minimum Gasteiger partial charge on any atom is -0.399 e. The van der Waals surface area contributed by atoms with Crippen LogP contribution in [0, 0.1) is 0 Å². The van der Waals surface area contributed by atoms with Gasteiger partial charge < -0.3 is 5.73 Å². The van der Waals surface area contributed by atoms with Crippen LogP contribution in [0.15, 0.2) is 23.1 Å². The van der Waals surface area contributed by atoms with Crippen LogP contribution in [-0.4, -0.2) is 14.2 Å². The van der Waals surface area contributed by atoms with Gasteiger partial charge in [0.25, 0.3) is 0 Å². The molecule has 0 spiro atoms. The number of halogens is 1. The second-order valence-electron chi connectivity index (χ2n) is 3.04. The van der Waals surface area contributed by atoms with E-state index in [1.807, 2.05) is 6.92 Å². The summed E-state index contributed by atoms with van der Waals surface area (Å²) in [4.78, 5) is 0.198. The Morgan fingerprint density at radius 3 is 2.50 bits per heavy atom. The summed E-state index contributed by atoms with van der Waals surface area (Å²) < 4.78 is 23.2. The number of benzene rings is 1. The Labute approximate surface area is 88.8 Å². The third-order valence-electron chi connectivity index (χ3n) is 1.73. The number of nitrogen functional groups attached to an aromatic ring is 1. The molecule has 78 valence electrons. The number of rotatable bonds is 3. The fourth-order valence-corrected chi connectivity index (χ4v) is 2.85. The first-order valence-corrected chi connectivity index (χ1v) is 6.27. The van der Waals surface area contributed by atoms with E-state index in [1.54, 1.807) is 0 Å². The van der Waals surface area contributed by atoms with Crippen molar-refractivity contribution < 1.29 is 8.42 Å². The van der Waals surface area contributed by atoms with E-state index >= 15 is 0 Å². The highest BCUT2D eigenvalue weighted by Crippen LogP contribution is 2.21. The van der Waals surface area contributed by atoms with Crippen molar-refractivity contribution >= 4 is 27.1 Å². The van der Waals surface area contributed by atoms with Crippen LogP contribution < -0.4 is 5.73 Å². The van der Waals surface area contributed by atoms with Gasteiger partial charge in [-0.05, 0) is 24.6 Å². The van der Waals surface area contributed by atoms with Gasteiger partial charge in [0.15, 0.2) is 9.84 Å². The lowest BCUT2D eigenvalue weighted by Gasteiger charge is -2.04. The van der Waals surface area contributed by atoms with E-state index in [2.05, 4.69) is 0 Å². The van der Waals surface area contributed by atoms with E-state index in [-0.39, 0.29) is 10.6 Å². The summed E-state index contributed by atoms with van der Waals surface area (Å²) in [5.74, 6) is 0.118. The second kappa shape index (κ2) is 4.19. The third-order valence-corrected chi connectivity index (χ3v) is 3.84. The minimum absolute atomic E-state index is 0.118. The highest BCUT2D eigenvalue weighted by molar-refractivity contribution is 7.91. The van der Waals surface area contributed by atoms with Gasteiger partial charge >= 0.3 is 0 Å². The van der Waals surface area contributed by atoms with E-state index in [4.69, 9.17) is 17.3 Å².